The van der Waals surface area contributed by atoms with Gasteiger partial charge in [-0.05, 0) is 58.3 Å². The van der Waals surface area contributed by atoms with Crippen LogP contribution >= 0.6 is 0 Å². The summed E-state index contributed by atoms with van der Waals surface area (Å²) in [5, 5.41) is 14.5. The molecule has 2 saturated heterocycles. The average molecular weight is 382 g/mol. The van der Waals surface area contributed by atoms with Crippen molar-refractivity contribution in [1.29, 1.82) is 0 Å². The van der Waals surface area contributed by atoms with Crippen LogP contribution in [0.15, 0.2) is 30.3 Å². The van der Waals surface area contributed by atoms with Gasteiger partial charge in [0.1, 0.15) is 6.04 Å². The fourth-order valence-corrected chi connectivity index (χ4v) is 4.20. The van der Waals surface area contributed by atoms with Gasteiger partial charge in [-0.2, -0.15) is 0 Å². The van der Waals surface area contributed by atoms with Crippen LogP contribution in [0.25, 0.3) is 0 Å². The molecule has 148 valence electrons. The second-order valence-corrected chi connectivity index (χ2v) is 7.60. The first kappa shape index (κ1) is 18.6. The number of nitrogens with one attached hydrogen (secondary N) is 2. The fourth-order valence-electron chi connectivity index (χ4n) is 4.20. The highest BCUT2D eigenvalue weighted by atomic mass is 16.2. The summed E-state index contributed by atoms with van der Waals surface area (Å²) >= 11 is 0. The third kappa shape index (κ3) is 3.40. The smallest absolute Gasteiger partial charge is 0.274 e. The van der Waals surface area contributed by atoms with Crippen LogP contribution in [0.5, 0.6) is 0 Å². The molecule has 8 heteroatoms. The molecule has 8 nitrogen and oxygen atoms in total. The summed E-state index contributed by atoms with van der Waals surface area (Å²) in [6.45, 7) is 5.74. The number of hydrogen-bond donors (Lipinski definition) is 2. The number of para-hydroxylation sites is 1. The molecule has 2 N–H and O–H groups in total. The van der Waals surface area contributed by atoms with Crippen molar-refractivity contribution in [3.63, 3.8) is 0 Å². The molecular formula is C20H26N6O2. The van der Waals surface area contributed by atoms with Gasteiger partial charge >= 0.3 is 0 Å². The zero-order chi connectivity index (χ0) is 19.7. The van der Waals surface area contributed by atoms with E-state index in [-0.39, 0.29) is 23.9 Å². The van der Waals surface area contributed by atoms with Gasteiger partial charge < -0.3 is 15.5 Å². The molecule has 3 heterocycles. The number of piperidine rings is 1. The monoisotopic (exact) mass is 382 g/mol. The Kier molecular flexibility index (Phi) is 5.13. The van der Waals surface area contributed by atoms with E-state index in [1.54, 1.807) is 4.90 Å². The lowest BCUT2D eigenvalue weighted by Gasteiger charge is -2.23. The van der Waals surface area contributed by atoms with E-state index in [9.17, 15) is 9.59 Å². The van der Waals surface area contributed by atoms with Crippen molar-refractivity contribution in [1.82, 2.24) is 25.6 Å². The van der Waals surface area contributed by atoms with Gasteiger partial charge in [-0.15, -0.1) is 5.10 Å². The minimum atomic E-state index is -0.550. The van der Waals surface area contributed by atoms with Gasteiger partial charge in [0, 0.05) is 11.7 Å². The van der Waals surface area contributed by atoms with Gasteiger partial charge in [0.15, 0.2) is 5.69 Å². The van der Waals surface area contributed by atoms with Crippen LogP contribution in [0.2, 0.25) is 0 Å². The van der Waals surface area contributed by atoms with Gasteiger partial charge in [-0.3, -0.25) is 9.59 Å². The number of amides is 2. The summed E-state index contributed by atoms with van der Waals surface area (Å²) in [5.41, 5.74) is 1.91. The standard InChI is InChI=1S/C20H26N6O2/c1-13-12-17(20(28)25(13)15-6-4-3-5-7-15)22-19(27)18-14(2)26(24-23-18)16-8-10-21-11-9-16/h3-7,13,16-17,21H,8-12H2,1-2H3,(H,22,27)/t13-,17+/m1/s1. The predicted molar refractivity (Wildman–Crippen MR) is 105 cm³/mol. The van der Waals surface area contributed by atoms with Crippen LogP contribution in [-0.4, -0.2) is 52.0 Å². The Morgan fingerprint density at radius 2 is 1.93 bits per heavy atom. The SMILES string of the molecule is Cc1c(C(=O)N[C@H]2C[C@@H](C)N(c3ccccc3)C2=O)nnn1C1CCNCC1. The third-order valence-electron chi connectivity index (χ3n) is 5.69. The Labute approximate surface area is 164 Å². The quantitative estimate of drug-likeness (QED) is 0.835. The predicted octanol–water partition coefficient (Wildman–Crippen LogP) is 1.43. The number of aromatic nitrogens is 3. The molecule has 0 spiro atoms. The molecule has 2 fully saturated rings. The Bertz CT molecular complexity index is 859. The topological polar surface area (TPSA) is 92.2 Å². The van der Waals surface area contributed by atoms with Crippen LogP contribution in [-0.2, 0) is 4.79 Å². The molecule has 0 unspecified atom stereocenters. The highest BCUT2D eigenvalue weighted by Gasteiger charge is 2.39. The van der Waals surface area contributed by atoms with Gasteiger partial charge in [-0.1, -0.05) is 23.4 Å². The van der Waals surface area contributed by atoms with E-state index in [1.807, 2.05) is 48.9 Å². The van der Waals surface area contributed by atoms with Gasteiger partial charge in [0.25, 0.3) is 5.91 Å². The maximum atomic E-state index is 12.9. The van der Waals surface area contributed by atoms with Gasteiger partial charge in [0.05, 0.1) is 11.7 Å². The van der Waals surface area contributed by atoms with Crippen molar-refractivity contribution in [2.24, 2.45) is 0 Å². The van der Waals surface area contributed by atoms with Gasteiger partial charge in [0.2, 0.25) is 5.91 Å². The minimum Gasteiger partial charge on any atom is -0.339 e. The lowest BCUT2D eigenvalue weighted by molar-refractivity contribution is -0.118. The van der Waals surface area contributed by atoms with Crippen LogP contribution in [0.1, 0.15) is 48.4 Å². The van der Waals surface area contributed by atoms with E-state index in [2.05, 4.69) is 20.9 Å². The summed E-state index contributed by atoms with van der Waals surface area (Å²) in [6.07, 6.45) is 2.51. The molecule has 0 bridgehead atoms. The average Bonchev–Trinajstić information content (AvgIpc) is 3.22. The number of carbonyl (C=O) groups excluding carboxylic acids is 2. The Hall–Kier alpha value is -2.74. The van der Waals surface area contributed by atoms with Crippen molar-refractivity contribution >= 4 is 17.5 Å². The van der Waals surface area contributed by atoms with Crippen molar-refractivity contribution in [2.75, 3.05) is 18.0 Å². The maximum Gasteiger partial charge on any atom is 0.274 e. The van der Waals surface area contributed by atoms with E-state index in [0.717, 1.165) is 37.3 Å². The molecule has 2 aliphatic heterocycles. The number of rotatable bonds is 4. The largest absolute Gasteiger partial charge is 0.339 e. The molecule has 0 saturated carbocycles. The van der Waals surface area contributed by atoms with Gasteiger partial charge in [-0.25, -0.2) is 4.68 Å². The molecule has 2 amide bonds. The summed E-state index contributed by atoms with van der Waals surface area (Å²) in [7, 11) is 0. The molecule has 2 aliphatic rings. The normalized spacial score (nSPS) is 23.2. The summed E-state index contributed by atoms with van der Waals surface area (Å²) < 4.78 is 1.85. The van der Waals surface area contributed by atoms with Crippen molar-refractivity contribution in [3.8, 4) is 0 Å². The maximum absolute atomic E-state index is 12.9. The Morgan fingerprint density at radius 1 is 1.21 bits per heavy atom. The number of carbonyl (C=O) groups is 2. The first-order chi connectivity index (χ1) is 13.6. The number of anilines is 1. The molecule has 1 aromatic heterocycles. The Morgan fingerprint density at radius 3 is 2.64 bits per heavy atom. The zero-order valence-electron chi connectivity index (χ0n) is 16.3. The highest BCUT2D eigenvalue weighted by Crippen LogP contribution is 2.27. The van der Waals surface area contributed by atoms with Crippen LogP contribution in [0.4, 0.5) is 5.69 Å². The van der Waals surface area contributed by atoms with E-state index in [4.69, 9.17) is 0 Å². The number of nitrogens with zero attached hydrogens (tertiary/aromatic N) is 4. The van der Waals surface area contributed by atoms with Crippen molar-refractivity contribution in [3.05, 3.63) is 41.7 Å². The molecular weight excluding hydrogens is 356 g/mol. The minimum absolute atomic E-state index is 0.0201. The summed E-state index contributed by atoms with van der Waals surface area (Å²) in [5.74, 6) is -0.423. The molecule has 0 radical (unpaired) electrons. The lowest BCUT2D eigenvalue weighted by Crippen LogP contribution is -2.42. The third-order valence-corrected chi connectivity index (χ3v) is 5.69. The molecule has 2 atom stereocenters. The summed E-state index contributed by atoms with van der Waals surface area (Å²) in [6, 6.07) is 9.28. The van der Waals surface area contributed by atoms with Crippen LogP contribution in [0, 0.1) is 6.92 Å². The fraction of sp³-hybridized carbons (Fsp3) is 0.500. The molecule has 4 rings (SSSR count). The molecule has 2 aromatic rings. The van der Waals surface area contributed by atoms with E-state index in [1.165, 1.54) is 0 Å². The zero-order valence-corrected chi connectivity index (χ0v) is 16.3. The van der Waals surface area contributed by atoms with Crippen LogP contribution in [0.3, 0.4) is 0 Å². The van der Waals surface area contributed by atoms with Crippen molar-refractivity contribution < 1.29 is 9.59 Å². The van der Waals surface area contributed by atoms with E-state index >= 15 is 0 Å². The second kappa shape index (κ2) is 7.71. The van der Waals surface area contributed by atoms with E-state index in [0.29, 0.717) is 12.1 Å². The van der Waals surface area contributed by atoms with Crippen LogP contribution < -0.4 is 15.5 Å². The molecule has 0 aliphatic carbocycles. The number of benzene rings is 1. The van der Waals surface area contributed by atoms with E-state index < -0.39 is 6.04 Å². The highest BCUT2D eigenvalue weighted by molar-refractivity contribution is 6.04. The van der Waals surface area contributed by atoms with Crippen molar-refractivity contribution in [2.45, 2.75) is 51.2 Å². The first-order valence-electron chi connectivity index (χ1n) is 9.87. The summed E-state index contributed by atoms with van der Waals surface area (Å²) in [4.78, 5) is 27.4. The number of hydrogen-bond acceptors (Lipinski definition) is 5. The molecule has 1 aromatic carbocycles. The lowest BCUT2D eigenvalue weighted by atomic mass is 10.1. The Balaban J connectivity index is 1.47. The molecule has 28 heavy (non-hydrogen) atoms. The first-order valence-corrected chi connectivity index (χ1v) is 9.87. The second-order valence-electron chi connectivity index (χ2n) is 7.60.